The average Bonchev–Trinajstić information content (AvgIpc) is 3.08. The largest absolute Gasteiger partial charge is 0.384 e. The number of sulfone groups is 1. The summed E-state index contributed by atoms with van der Waals surface area (Å²) in [5.74, 6) is 0.150. The third-order valence-electron chi connectivity index (χ3n) is 3.41. The van der Waals surface area contributed by atoms with E-state index in [1.54, 1.807) is 13.0 Å². The molecule has 0 aliphatic carbocycles. The van der Waals surface area contributed by atoms with Gasteiger partial charge in [-0.1, -0.05) is 19.1 Å². The Balaban J connectivity index is 2.39. The van der Waals surface area contributed by atoms with Crippen molar-refractivity contribution in [2.45, 2.75) is 11.1 Å². The van der Waals surface area contributed by atoms with Crippen molar-refractivity contribution >= 4 is 42.9 Å². The van der Waals surface area contributed by atoms with Crippen molar-refractivity contribution in [2.75, 3.05) is 11.5 Å². The lowest BCUT2D eigenvalue weighted by atomic mass is 10.1. The maximum atomic E-state index is 12.4. The SMILES string of the molecule is CCS(=O)(=O)c1sc2n[nH]c(N)c2c1-c1cccc([N+](=O)[O-])c1. The number of nitrogen functional groups attached to an aromatic ring is 1. The zero-order chi connectivity index (χ0) is 16.8. The highest BCUT2D eigenvalue weighted by Crippen LogP contribution is 2.43. The molecule has 0 saturated carbocycles. The number of nitro groups is 1. The maximum Gasteiger partial charge on any atom is 0.270 e. The number of non-ortho nitro benzene ring substituents is 1. The van der Waals surface area contributed by atoms with Gasteiger partial charge in [-0.05, 0) is 5.56 Å². The molecule has 0 bridgehead atoms. The average molecular weight is 352 g/mol. The molecule has 0 radical (unpaired) electrons. The number of hydrogen-bond acceptors (Lipinski definition) is 7. The summed E-state index contributed by atoms with van der Waals surface area (Å²) in [6.07, 6.45) is 0. The molecule has 0 amide bonds. The van der Waals surface area contributed by atoms with Crippen molar-refractivity contribution in [3.63, 3.8) is 0 Å². The van der Waals surface area contributed by atoms with E-state index in [0.717, 1.165) is 11.3 Å². The number of nitrogens with zero attached hydrogens (tertiary/aromatic N) is 2. The van der Waals surface area contributed by atoms with Gasteiger partial charge in [0.15, 0.2) is 9.84 Å². The summed E-state index contributed by atoms with van der Waals surface area (Å²) in [4.78, 5) is 10.9. The second-order valence-electron chi connectivity index (χ2n) is 4.79. The van der Waals surface area contributed by atoms with Gasteiger partial charge in [-0.15, -0.1) is 11.3 Å². The second kappa shape index (κ2) is 5.32. The minimum atomic E-state index is -3.52. The van der Waals surface area contributed by atoms with E-state index in [-0.39, 0.29) is 21.5 Å². The van der Waals surface area contributed by atoms with Gasteiger partial charge in [-0.3, -0.25) is 15.2 Å². The highest BCUT2D eigenvalue weighted by Gasteiger charge is 2.27. The minimum absolute atomic E-state index is 0.0817. The molecule has 0 unspecified atom stereocenters. The first-order valence-electron chi connectivity index (χ1n) is 6.59. The van der Waals surface area contributed by atoms with E-state index in [4.69, 9.17) is 5.73 Å². The Hall–Kier alpha value is -2.46. The summed E-state index contributed by atoms with van der Waals surface area (Å²) in [6, 6.07) is 5.81. The van der Waals surface area contributed by atoms with E-state index < -0.39 is 14.8 Å². The summed E-state index contributed by atoms with van der Waals surface area (Å²) >= 11 is 1.01. The molecule has 23 heavy (non-hydrogen) atoms. The van der Waals surface area contributed by atoms with Crippen LogP contribution in [0.15, 0.2) is 28.5 Å². The van der Waals surface area contributed by atoms with Gasteiger partial charge in [0.1, 0.15) is 14.9 Å². The predicted octanol–water partition coefficient (Wildman–Crippen LogP) is 2.58. The number of fused-ring (bicyclic) bond motifs is 1. The molecule has 3 aromatic rings. The third-order valence-corrected chi connectivity index (χ3v) is 6.83. The second-order valence-corrected chi connectivity index (χ2v) is 8.27. The number of H-pyrrole nitrogens is 1. The van der Waals surface area contributed by atoms with Crippen LogP contribution in [0.3, 0.4) is 0 Å². The summed E-state index contributed by atoms with van der Waals surface area (Å²) < 4.78 is 24.9. The van der Waals surface area contributed by atoms with Crippen molar-refractivity contribution in [3.8, 4) is 11.1 Å². The number of aromatic nitrogens is 2. The summed E-state index contributed by atoms with van der Waals surface area (Å²) in [5, 5.41) is 18.1. The van der Waals surface area contributed by atoms with Gasteiger partial charge in [0.05, 0.1) is 16.1 Å². The molecule has 0 atom stereocenters. The number of thiophene rings is 1. The first-order valence-corrected chi connectivity index (χ1v) is 9.06. The number of benzene rings is 1. The molecule has 2 aromatic heterocycles. The smallest absolute Gasteiger partial charge is 0.270 e. The molecule has 0 fully saturated rings. The van der Waals surface area contributed by atoms with Gasteiger partial charge in [0, 0.05) is 17.7 Å². The summed E-state index contributed by atoms with van der Waals surface area (Å²) in [7, 11) is -3.52. The molecule has 8 nitrogen and oxygen atoms in total. The van der Waals surface area contributed by atoms with E-state index in [1.165, 1.54) is 18.2 Å². The van der Waals surface area contributed by atoms with Crippen LogP contribution in [0.4, 0.5) is 11.5 Å². The Kier molecular flexibility index (Phi) is 3.57. The molecule has 2 heterocycles. The number of aromatic amines is 1. The van der Waals surface area contributed by atoms with Gasteiger partial charge < -0.3 is 5.73 Å². The third kappa shape index (κ3) is 2.45. The number of nitrogens with two attached hydrogens (primary N) is 1. The monoisotopic (exact) mass is 352 g/mol. The zero-order valence-electron chi connectivity index (χ0n) is 11.9. The van der Waals surface area contributed by atoms with Gasteiger partial charge in [-0.2, -0.15) is 5.10 Å². The van der Waals surface area contributed by atoms with Crippen LogP contribution in [0.1, 0.15) is 6.92 Å². The Bertz CT molecular complexity index is 1020. The van der Waals surface area contributed by atoms with Gasteiger partial charge in [0.2, 0.25) is 0 Å². The fraction of sp³-hybridized carbons (Fsp3) is 0.154. The Morgan fingerprint density at radius 3 is 2.83 bits per heavy atom. The van der Waals surface area contributed by atoms with Gasteiger partial charge in [-0.25, -0.2) is 8.42 Å². The van der Waals surface area contributed by atoms with Crippen molar-refractivity contribution < 1.29 is 13.3 Å². The van der Waals surface area contributed by atoms with E-state index in [0.29, 0.717) is 21.3 Å². The number of nitrogens with one attached hydrogen (secondary N) is 1. The van der Waals surface area contributed by atoms with Crippen molar-refractivity contribution in [3.05, 3.63) is 34.4 Å². The van der Waals surface area contributed by atoms with Gasteiger partial charge >= 0.3 is 0 Å². The summed E-state index contributed by atoms with van der Waals surface area (Å²) in [5.41, 5.74) is 6.53. The topological polar surface area (TPSA) is 132 Å². The molecule has 3 rings (SSSR count). The van der Waals surface area contributed by atoms with Crippen LogP contribution in [0.2, 0.25) is 0 Å². The quantitative estimate of drug-likeness (QED) is 0.548. The van der Waals surface area contributed by atoms with Crippen LogP contribution in [-0.2, 0) is 9.84 Å². The van der Waals surface area contributed by atoms with Crippen LogP contribution >= 0.6 is 11.3 Å². The molecule has 0 saturated heterocycles. The minimum Gasteiger partial charge on any atom is -0.384 e. The molecule has 0 aliphatic heterocycles. The lowest BCUT2D eigenvalue weighted by Crippen LogP contribution is -2.03. The first kappa shape index (κ1) is 15.4. The Labute approximate surface area is 135 Å². The van der Waals surface area contributed by atoms with Gasteiger partial charge in [0.25, 0.3) is 5.69 Å². The number of rotatable bonds is 4. The van der Waals surface area contributed by atoms with Crippen molar-refractivity contribution in [1.82, 2.24) is 10.2 Å². The van der Waals surface area contributed by atoms with Crippen molar-refractivity contribution in [1.29, 1.82) is 0 Å². The molecular weight excluding hydrogens is 340 g/mol. The highest BCUT2D eigenvalue weighted by molar-refractivity contribution is 7.93. The normalized spacial score (nSPS) is 11.9. The van der Waals surface area contributed by atoms with Crippen LogP contribution in [0, 0.1) is 10.1 Å². The molecule has 120 valence electrons. The molecular formula is C13H12N4O4S2. The summed E-state index contributed by atoms with van der Waals surface area (Å²) in [6.45, 7) is 1.54. The molecule has 0 aliphatic rings. The fourth-order valence-corrected chi connectivity index (χ4v) is 5.08. The maximum absolute atomic E-state index is 12.4. The molecule has 10 heteroatoms. The van der Waals surface area contributed by atoms with E-state index >= 15 is 0 Å². The van der Waals surface area contributed by atoms with Crippen molar-refractivity contribution in [2.24, 2.45) is 0 Å². The van der Waals surface area contributed by atoms with E-state index in [9.17, 15) is 18.5 Å². The highest BCUT2D eigenvalue weighted by atomic mass is 32.2. The Morgan fingerprint density at radius 2 is 2.17 bits per heavy atom. The fourth-order valence-electron chi connectivity index (χ4n) is 2.28. The molecule has 0 spiro atoms. The lowest BCUT2D eigenvalue weighted by Gasteiger charge is -2.05. The number of nitro benzene ring substituents is 1. The standard InChI is InChI=1S/C13H12N4O4S2/c1-2-23(20,21)13-9(10-11(14)15-16-12(10)22-13)7-4-3-5-8(6-7)17(18)19/h3-6H,2H2,1H3,(H3,14,15,16). The number of anilines is 1. The van der Waals surface area contributed by atoms with Crippen LogP contribution in [0.25, 0.3) is 21.3 Å². The van der Waals surface area contributed by atoms with E-state index in [1.807, 2.05) is 0 Å². The first-order chi connectivity index (χ1) is 10.8. The Morgan fingerprint density at radius 1 is 1.43 bits per heavy atom. The zero-order valence-corrected chi connectivity index (χ0v) is 13.6. The van der Waals surface area contributed by atoms with Crippen LogP contribution in [0.5, 0.6) is 0 Å². The lowest BCUT2D eigenvalue weighted by molar-refractivity contribution is -0.384. The van der Waals surface area contributed by atoms with E-state index in [2.05, 4.69) is 10.2 Å². The van der Waals surface area contributed by atoms with Crippen LogP contribution < -0.4 is 5.73 Å². The number of hydrogen-bond donors (Lipinski definition) is 2. The molecule has 1 aromatic carbocycles. The van der Waals surface area contributed by atoms with Crippen LogP contribution in [-0.4, -0.2) is 29.3 Å². The predicted molar refractivity (Wildman–Crippen MR) is 88.2 cm³/mol. The molecule has 3 N–H and O–H groups in total.